The maximum atomic E-state index is 6.02. The lowest BCUT2D eigenvalue weighted by molar-refractivity contribution is -0.0455. The molecule has 0 aliphatic carbocycles. The number of hydrogen-bond acceptors (Lipinski definition) is 3. The fourth-order valence-corrected chi connectivity index (χ4v) is 3.93. The molecule has 0 radical (unpaired) electrons. The minimum absolute atomic E-state index is 0.304. The SMILES string of the molecule is CN=C(NCC1CN2CCCC2CO1)N1CCCC(C)C1. The van der Waals surface area contributed by atoms with Crippen LogP contribution in [0.1, 0.15) is 32.6 Å². The van der Waals surface area contributed by atoms with Crippen molar-refractivity contribution in [3.05, 3.63) is 0 Å². The molecule has 1 N–H and O–H groups in total. The van der Waals surface area contributed by atoms with E-state index >= 15 is 0 Å². The molecule has 0 aromatic heterocycles. The number of nitrogens with zero attached hydrogens (tertiary/aromatic N) is 3. The standard InChI is InChI=1S/C16H30N4O/c1-13-5-3-8-20(10-13)16(17-2)18-9-15-11-19-7-4-6-14(19)12-21-15/h13-15H,3-12H2,1-2H3,(H,17,18). The lowest BCUT2D eigenvalue weighted by Gasteiger charge is -2.37. The summed E-state index contributed by atoms with van der Waals surface area (Å²) in [6.07, 6.45) is 5.57. The zero-order valence-electron chi connectivity index (χ0n) is 13.6. The van der Waals surface area contributed by atoms with Crippen LogP contribution >= 0.6 is 0 Å². The fourth-order valence-electron chi connectivity index (χ4n) is 3.93. The molecule has 3 atom stereocenters. The Hall–Kier alpha value is -0.810. The van der Waals surface area contributed by atoms with Gasteiger partial charge in [-0.2, -0.15) is 0 Å². The molecule has 0 aromatic rings. The van der Waals surface area contributed by atoms with Gasteiger partial charge in [-0.3, -0.25) is 9.89 Å². The molecule has 0 bridgehead atoms. The second kappa shape index (κ2) is 6.97. The van der Waals surface area contributed by atoms with Gasteiger partial charge in [-0.15, -0.1) is 0 Å². The number of aliphatic imine (C=N–C) groups is 1. The largest absolute Gasteiger partial charge is 0.373 e. The number of likely N-dealkylation sites (tertiary alicyclic amines) is 1. The van der Waals surface area contributed by atoms with Gasteiger partial charge in [-0.1, -0.05) is 6.92 Å². The van der Waals surface area contributed by atoms with E-state index in [2.05, 4.69) is 27.0 Å². The molecule has 3 fully saturated rings. The molecule has 3 heterocycles. The van der Waals surface area contributed by atoms with Crippen molar-refractivity contribution in [3.8, 4) is 0 Å². The third-order valence-corrected chi connectivity index (χ3v) is 5.12. The Bertz CT molecular complexity index is 373. The molecule has 0 saturated carbocycles. The second-order valence-electron chi connectivity index (χ2n) is 6.87. The van der Waals surface area contributed by atoms with Crippen molar-refractivity contribution < 1.29 is 4.74 Å². The molecular formula is C16H30N4O. The molecule has 3 aliphatic rings. The monoisotopic (exact) mass is 294 g/mol. The van der Waals surface area contributed by atoms with E-state index in [1.807, 2.05) is 7.05 Å². The first kappa shape index (κ1) is 15.1. The second-order valence-corrected chi connectivity index (χ2v) is 6.87. The first-order chi connectivity index (χ1) is 10.3. The third-order valence-electron chi connectivity index (χ3n) is 5.12. The smallest absolute Gasteiger partial charge is 0.193 e. The van der Waals surface area contributed by atoms with Crippen molar-refractivity contribution in [2.45, 2.75) is 44.8 Å². The van der Waals surface area contributed by atoms with Gasteiger partial charge in [0, 0.05) is 39.3 Å². The van der Waals surface area contributed by atoms with Gasteiger partial charge in [0.15, 0.2) is 5.96 Å². The van der Waals surface area contributed by atoms with Crippen LogP contribution in [0.25, 0.3) is 0 Å². The summed E-state index contributed by atoms with van der Waals surface area (Å²) in [6, 6.07) is 0.684. The maximum absolute atomic E-state index is 6.02. The van der Waals surface area contributed by atoms with Crippen LogP contribution in [0, 0.1) is 5.92 Å². The van der Waals surface area contributed by atoms with Crippen molar-refractivity contribution in [2.24, 2.45) is 10.9 Å². The molecular weight excluding hydrogens is 264 g/mol. The molecule has 3 rings (SSSR count). The number of rotatable bonds is 2. The summed E-state index contributed by atoms with van der Waals surface area (Å²) in [7, 11) is 1.89. The van der Waals surface area contributed by atoms with Crippen molar-refractivity contribution in [2.75, 3.05) is 46.4 Å². The van der Waals surface area contributed by atoms with Gasteiger partial charge in [0.2, 0.25) is 0 Å². The van der Waals surface area contributed by atoms with E-state index in [0.717, 1.165) is 44.7 Å². The first-order valence-electron chi connectivity index (χ1n) is 8.57. The van der Waals surface area contributed by atoms with E-state index in [1.54, 1.807) is 0 Å². The van der Waals surface area contributed by atoms with E-state index in [-0.39, 0.29) is 0 Å². The maximum Gasteiger partial charge on any atom is 0.193 e. The van der Waals surface area contributed by atoms with Crippen molar-refractivity contribution >= 4 is 5.96 Å². The highest BCUT2D eigenvalue weighted by Crippen LogP contribution is 2.22. The Balaban J connectivity index is 1.47. The highest BCUT2D eigenvalue weighted by molar-refractivity contribution is 5.80. The Labute approximate surface area is 128 Å². The average Bonchev–Trinajstić information content (AvgIpc) is 2.95. The minimum atomic E-state index is 0.304. The van der Waals surface area contributed by atoms with Gasteiger partial charge in [0.1, 0.15) is 0 Å². The summed E-state index contributed by atoms with van der Waals surface area (Å²) in [4.78, 5) is 9.46. The van der Waals surface area contributed by atoms with E-state index in [9.17, 15) is 0 Å². The zero-order valence-corrected chi connectivity index (χ0v) is 13.6. The number of hydrogen-bond donors (Lipinski definition) is 1. The Kier molecular flexibility index (Phi) is 5.01. The van der Waals surface area contributed by atoms with Crippen LogP contribution in [0.5, 0.6) is 0 Å². The predicted molar refractivity (Wildman–Crippen MR) is 85.7 cm³/mol. The molecule has 21 heavy (non-hydrogen) atoms. The number of ether oxygens (including phenoxy) is 1. The minimum Gasteiger partial charge on any atom is -0.373 e. The Morgan fingerprint density at radius 2 is 2.10 bits per heavy atom. The normalized spacial score (nSPS) is 34.9. The molecule has 120 valence electrons. The lowest BCUT2D eigenvalue weighted by Crippen LogP contribution is -2.53. The third kappa shape index (κ3) is 3.69. The van der Waals surface area contributed by atoms with Crippen LogP contribution in [0.3, 0.4) is 0 Å². The summed E-state index contributed by atoms with van der Waals surface area (Å²) < 4.78 is 6.02. The van der Waals surface area contributed by atoms with Gasteiger partial charge in [-0.05, 0) is 38.1 Å². The average molecular weight is 294 g/mol. The van der Waals surface area contributed by atoms with E-state index in [0.29, 0.717) is 12.1 Å². The Morgan fingerprint density at radius 1 is 1.24 bits per heavy atom. The molecule has 5 nitrogen and oxygen atoms in total. The molecule has 0 amide bonds. The van der Waals surface area contributed by atoms with Gasteiger partial charge in [-0.25, -0.2) is 0 Å². The molecule has 0 spiro atoms. The summed E-state index contributed by atoms with van der Waals surface area (Å²) in [5.74, 6) is 1.82. The van der Waals surface area contributed by atoms with Crippen molar-refractivity contribution in [1.82, 2.24) is 15.1 Å². The molecule has 3 aliphatic heterocycles. The molecule has 5 heteroatoms. The number of piperidine rings is 1. The van der Waals surface area contributed by atoms with Gasteiger partial charge < -0.3 is 15.0 Å². The first-order valence-corrected chi connectivity index (χ1v) is 8.57. The van der Waals surface area contributed by atoms with E-state index < -0.39 is 0 Å². The van der Waals surface area contributed by atoms with Crippen molar-refractivity contribution in [3.63, 3.8) is 0 Å². The van der Waals surface area contributed by atoms with Crippen LogP contribution in [-0.4, -0.2) is 74.3 Å². The Morgan fingerprint density at radius 3 is 2.90 bits per heavy atom. The van der Waals surface area contributed by atoms with E-state index in [4.69, 9.17) is 4.74 Å². The highest BCUT2D eigenvalue weighted by atomic mass is 16.5. The lowest BCUT2D eigenvalue weighted by atomic mass is 10.0. The van der Waals surface area contributed by atoms with Crippen LogP contribution in [0.4, 0.5) is 0 Å². The number of guanidine groups is 1. The van der Waals surface area contributed by atoms with Gasteiger partial charge >= 0.3 is 0 Å². The highest BCUT2D eigenvalue weighted by Gasteiger charge is 2.32. The fraction of sp³-hybridized carbons (Fsp3) is 0.938. The number of nitrogens with one attached hydrogen (secondary N) is 1. The quantitative estimate of drug-likeness (QED) is 0.613. The summed E-state index contributed by atoms with van der Waals surface area (Å²) >= 11 is 0. The molecule has 3 unspecified atom stereocenters. The van der Waals surface area contributed by atoms with E-state index in [1.165, 1.54) is 32.2 Å². The number of fused-ring (bicyclic) bond motifs is 1. The zero-order chi connectivity index (χ0) is 14.7. The summed E-state index contributed by atoms with van der Waals surface area (Å²) in [5, 5.41) is 3.53. The van der Waals surface area contributed by atoms with Crippen LogP contribution in [0.2, 0.25) is 0 Å². The summed E-state index contributed by atoms with van der Waals surface area (Å²) in [6.45, 7) is 8.70. The summed E-state index contributed by atoms with van der Waals surface area (Å²) in [5.41, 5.74) is 0. The van der Waals surface area contributed by atoms with Gasteiger partial charge in [0.25, 0.3) is 0 Å². The molecule has 3 saturated heterocycles. The topological polar surface area (TPSA) is 40.1 Å². The van der Waals surface area contributed by atoms with Crippen LogP contribution < -0.4 is 5.32 Å². The van der Waals surface area contributed by atoms with Crippen LogP contribution in [0.15, 0.2) is 4.99 Å². The number of morpholine rings is 1. The predicted octanol–water partition coefficient (Wildman–Crippen LogP) is 1.16. The molecule has 0 aromatic carbocycles. The van der Waals surface area contributed by atoms with Crippen LogP contribution in [-0.2, 0) is 4.74 Å². The van der Waals surface area contributed by atoms with Crippen molar-refractivity contribution in [1.29, 1.82) is 0 Å². The van der Waals surface area contributed by atoms with Gasteiger partial charge in [0.05, 0.1) is 12.7 Å².